The van der Waals surface area contributed by atoms with E-state index in [1.165, 1.54) is 6.07 Å². The molecule has 0 unspecified atom stereocenters. The van der Waals surface area contributed by atoms with E-state index in [0.29, 0.717) is 21.3 Å². The molecule has 0 bridgehead atoms. The van der Waals surface area contributed by atoms with Gasteiger partial charge in [0.1, 0.15) is 17.6 Å². The number of halogens is 2. The minimum absolute atomic E-state index is 0.0315. The lowest BCUT2D eigenvalue weighted by Gasteiger charge is -2.08. The van der Waals surface area contributed by atoms with Gasteiger partial charge in [0.15, 0.2) is 0 Å². The molecule has 0 N–H and O–H groups in total. The van der Waals surface area contributed by atoms with Crippen LogP contribution in [0.2, 0.25) is 0 Å². The number of benzene rings is 2. The second kappa shape index (κ2) is 5.19. The Bertz CT molecular complexity index is 617. The molecule has 90 valence electrons. The summed E-state index contributed by atoms with van der Waals surface area (Å²) in [6, 6.07) is 12.0. The third kappa shape index (κ3) is 2.22. The van der Waals surface area contributed by atoms with Crippen LogP contribution >= 0.6 is 15.9 Å². The lowest BCUT2D eigenvalue weighted by Crippen LogP contribution is -1.91. The number of rotatable bonds is 2. The molecule has 4 heteroatoms. The maximum absolute atomic E-state index is 14.1. The van der Waals surface area contributed by atoms with E-state index in [1.807, 2.05) is 6.07 Å². The number of hydrogen-bond donors (Lipinski definition) is 0. The Balaban J connectivity index is 2.59. The fourth-order valence-electron chi connectivity index (χ4n) is 1.66. The normalized spacial score (nSPS) is 9.89. The van der Waals surface area contributed by atoms with E-state index < -0.39 is 5.82 Å². The quantitative estimate of drug-likeness (QED) is 0.835. The van der Waals surface area contributed by atoms with Crippen molar-refractivity contribution in [2.75, 3.05) is 7.11 Å². The van der Waals surface area contributed by atoms with Crippen molar-refractivity contribution >= 4 is 15.9 Å². The Hall–Kier alpha value is -1.86. The second-order valence-corrected chi connectivity index (χ2v) is 4.48. The van der Waals surface area contributed by atoms with Crippen LogP contribution in [0.4, 0.5) is 4.39 Å². The van der Waals surface area contributed by atoms with Crippen molar-refractivity contribution in [2.45, 2.75) is 0 Å². The van der Waals surface area contributed by atoms with Gasteiger partial charge in [-0.3, -0.25) is 0 Å². The van der Waals surface area contributed by atoms with Gasteiger partial charge in [0.2, 0.25) is 0 Å². The first-order chi connectivity index (χ1) is 8.67. The molecule has 0 aromatic heterocycles. The predicted molar refractivity (Wildman–Crippen MR) is 70.8 cm³/mol. The van der Waals surface area contributed by atoms with Gasteiger partial charge in [-0.1, -0.05) is 28.1 Å². The highest BCUT2D eigenvalue weighted by molar-refractivity contribution is 9.10. The number of nitrogens with zero attached hydrogens (tertiary/aromatic N) is 1. The molecule has 2 rings (SSSR count). The Morgan fingerprint density at radius 3 is 2.39 bits per heavy atom. The van der Waals surface area contributed by atoms with Crippen LogP contribution in [0.25, 0.3) is 11.1 Å². The van der Waals surface area contributed by atoms with E-state index in [9.17, 15) is 4.39 Å². The minimum Gasteiger partial charge on any atom is -0.497 e. The Morgan fingerprint density at radius 2 is 1.83 bits per heavy atom. The van der Waals surface area contributed by atoms with Crippen LogP contribution in [-0.2, 0) is 0 Å². The van der Waals surface area contributed by atoms with E-state index >= 15 is 0 Å². The summed E-state index contributed by atoms with van der Waals surface area (Å²) in [7, 11) is 1.57. The van der Waals surface area contributed by atoms with Crippen molar-refractivity contribution in [3.05, 3.63) is 52.3 Å². The number of methoxy groups -OCH3 is 1. The monoisotopic (exact) mass is 305 g/mol. The van der Waals surface area contributed by atoms with Gasteiger partial charge in [0.25, 0.3) is 0 Å². The topological polar surface area (TPSA) is 33.0 Å². The van der Waals surface area contributed by atoms with Crippen molar-refractivity contribution < 1.29 is 9.13 Å². The minimum atomic E-state index is -0.517. The molecule has 0 aliphatic carbocycles. The van der Waals surface area contributed by atoms with Crippen LogP contribution in [0.1, 0.15) is 5.56 Å². The zero-order chi connectivity index (χ0) is 13.1. The summed E-state index contributed by atoms with van der Waals surface area (Å²) in [5, 5.41) is 8.84. The number of hydrogen-bond acceptors (Lipinski definition) is 2. The van der Waals surface area contributed by atoms with Gasteiger partial charge in [0, 0.05) is 10.0 Å². The number of nitriles is 1. The first kappa shape index (κ1) is 12.6. The molecule has 2 nitrogen and oxygen atoms in total. The summed E-state index contributed by atoms with van der Waals surface area (Å²) in [6.45, 7) is 0. The fraction of sp³-hybridized carbons (Fsp3) is 0.0714. The van der Waals surface area contributed by atoms with Crippen LogP contribution in [0.3, 0.4) is 0 Å². The summed E-state index contributed by atoms with van der Waals surface area (Å²) >= 11 is 3.30. The summed E-state index contributed by atoms with van der Waals surface area (Å²) in [6.07, 6.45) is 0. The molecule has 2 aromatic carbocycles. The summed E-state index contributed by atoms with van der Waals surface area (Å²) in [5.74, 6) is 0.184. The van der Waals surface area contributed by atoms with Crippen molar-refractivity contribution in [1.29, 1.82) is 5.26 Å². The van der Waals surface area contributed by atoms with E-state index in [-0.39, 0.29) is 5.56 Å². The van der Waals surface area contributed by atoms with E-state index in [2.05, 4.69) is 15.9 Å². The van der Waals surface area contributed by atoms with Crippen LogP contribution in [0.15, 0.2) is 40.9 Å². The molecule has 0 saturated carbocycles. The molecular weight excluding hydrogens is 297 g/mol. The number of ether oxygens (including phenoxy) is 1. The van der Waals surface area contributed by atoms with Crippen LogP contribution < -0.4 is 4.74 Å². The van der Waals surface area contributed by atoms with Crippen molar-refractivity contribution in [3.8, 4) is 22.9 Å². The van der Waals surface area contributed by atoms with Crippen molar-refractivity contribution in [2.24, 2.45) is 0 Å². The Labute approximate surface area is 113 Å². The molecule has 0 fully saturated rings. The molecule has 18 heavy (non-hydrogen) atoms. The van der Waals surface area contributed by atoms with Gasteiger partial charge in [-0.25, -0.2) is 4.39 Å². The molecule has 0 heterocycles. The maximum Gasteiger partial charge on any atom is 0.149 e. The zero-order valence-corrected chi connectivity index (χ0v) is 11.2. The van der Waals surface area contributed by atoms with Gasteiger partial charge in [-0.15, -0.1) is 0 Å². The molecule has 0 atom stereocenters. The average molecular weight is 306 g/mol. The molecule has 0 aliphatic rings. The van der Waals surface area contributed by atoms with E-state index in [0.717, 1.165) is 0 Å². The molecule has 2 aromatic rings. The Morgan fingerprint density at radius 1 is 1.17 bits per heavy atom. The summed E-state index contributed by atoms with van der Waals surface area (Å²) in [5.41, 5.74) is 1.11. The summed E-state index contributed by atoms with van der Waals surface area (Å²) < 4.78 is 19.8. The van der Waals surface area contributed by atoms with Gasteiger partial charge < -0.3 is 4.74 Å². The highest BCUT2D eigenvalue weighted by atomic mass is 79.9. The van der Waals surface area contributed by atoms with Gasteiger partial charge >= 0.3 is 0 Å². The zero-order valence-electron chi connectivity index (χ0n) is 9.58. The van der Waals surface area contributed by atoms with Crippen molar-refractivity contribution in [3.63, 3.8) is 0 Å². The standard InChI is InChI=1S/C14H9BrFNO/c1-18-11-5-2-9(3-6-11)13-12(15)7-4-10(8-17)14(13)16/h2-7H,1H3. The van der Waals surface area contributed by atoms with Crippen LogP contribution in [0, 0.1) is 17.1 Å². The van der Waals surface area contributed by atoms with Crippen LogP contribution in [0.5, 0.6) is 5.75 Å². The van der Waals surface area contributed by atoms with Gasteiger partial charge in [0.05, 0.1) is 12.7 Å². The lowest BCUT2D eigenvalue weighted by atomic mass is 10.0. The third-order valence-electron chi connectivity index (χ3n) is 2.59. The second-order valence-electron chi connectivity index (χ2n) is 3.62. The van der Waals surface area contributed by atoms with E-state index in [4.69, 9.17) is 10.00 Å². The molecule has 0 spiro atoms. The smallest absolute Gasteiger partial charge is 0.149 e. The highest BCUT2D eigenvalue weighted by Crippen LogP contribution is 2.33. The fourth-order valence-corrected chi connectivity index (χ4v) is 2.20. The first-order valence-corrected chi connectivity index (χ1v) is 5.99. The lowest BCUT2D eigenvalue weighted by molar-refractivity contribution is 0.415. The SMILES string of the molecule is COc1ccc(-c2c(Br)ccc(C#N)c2F)cc1. The molecular formula is C14H9BrFNO. The van der Waals surface area contributed by atoms with Gasteiger partial charge in [-0.2, -0.15) is 5.26 Å². The molecule has 0 aliphatic heterocycles. The van der Waals surface area contributed by atoms with E-state index in [1.54, 1.807) is 37.4 Å². The first-order valence-electron chi connectivity index (χ1n) is 5.20. The molecule has 0 radical (unpaired) electrons. The van der Waals surface area contributed by atoms with Crippen molar-refractivity contribution in [1.82, 2.24) is 0 Å². The summed E-state index contributed by atoms with van der Waals surface area (Å²) in [4.78, 5) is 0. The highest BCUT2D eigenvalue weighted by Gasteiger charge is 2.13. The average Bonchev–Trinajstić information content (AvgIpc) is 2.40. The van der Waals surface area contributed by atoms with Crippen LogP contribution in [-0.4, -0.2) is 7.11 Å². The largest absolute Gasteiger partial charge is 0.497 e. The maximum atomic E-state index is 14.1. The molecule has 0 saturated heterocycles. The predicted octanol–water partition coefficient (Wildman–Crippen LogP) is 4.14. The van der Waals surface area contributed by atoms with Gasteiger partial charge in [-0.05, 0) is 29.8 Å². The third-order valence-corrected chi connectivity index (χ3v) is 3.25. The molecule has 0 amide bonds. The Kier molecular flexibility index (Phi) is 3.63.